The minimum absolute atomic E-state index is 0.00659. The molecule has 0 spiro atoms. The van der Waals surface area contributed by atoms with Crippen molar-refractivity contribution in [1.82, 2.24) is 15.1 Å². The molecule has 3 amide bonds. The number of likely N-dealkylation sites (tertiary alicyclic amines) is 2. The van der Waals surface area contributed by atoms with Gasteiger partial charge in [0.05, 0.1) is 17.2 Å². The van der Waals surface area contributed by atoms with Gasteiger partial charge < -0.3 is 24.6 Å². The van der Waals surface area contributed by atoms with Gasteiger partial charge in [0.1, 0.15) is 6.26 Å². The van der Waals surface area contributed by atoms with Crippen molar-refractivity contribution in [1.29, 1.82) is 0 Å². The second kappa shape index (κ2) is 6.90. The van der Waals surface area contributed by atoms with E-state index in [4.69, 9.17) is 4.42 Å². The second-order valence-corrected chi connectivity index (χ2v) is 7.96. The molecule has 0 bridgehead atoms. The van der Waals surface area contributed by atoms with Gasteiger partial charge in [-0.15, -0.1) is 0 Å². The lowest BCUT2D eigenvalue weighted by molar-refractivity contribution is -0.149. The number of nitrogens with zero attached hydrogens (tertiary/aromatic N) is 2. The number of aliphatic carboxylic acids is 1. The van der Waals surface area contributed by atoms with Crippen LogP contribution in [0, 0.1) is 11.3 Å². The monoisotopic (exact) mass is 375 g/mol. The summed E-state index contributed by atoms with van der Waals surface area (Å²) in [7, 11) is 0. The van der Waals surface area contributed by atoms with E-state index >= 15 is 0 Å². The van der Waals surface area contributed by atoms with Crippen molar-refractivity contribution in [2.24, 2.45) is 11.3 Å². The van der Waals surface area contributed by atoms with Crippen molar-refractivity contribution >= 4 is 17.9 Å². The van der Waals surface area contributed by atoms with Crippen molar-refractivity contribution in [3.05, 3.63) is 24.2 Å². The number of furan rings is 1. The molecular weight excluding hydrogens is 350 g/mol. The Kier molecular flexibility index (Phi) is 4.57. The fraction of sp³-hybridized carbons (Fsp3) is 0.632. The highest BCUT2D eigenvalue weighted by Gasteiger charge is 2.55. The number of piperidine rings is 1. The van der Waals surface area contributed by atoms with Crippen LogP contribution >= 0.6 is 0 Å². The van der Waals surface area contributed by atoms with Crippen LogP contribution in [0.3, 0.4) is 0 Å². The molecule has 3 aliphatic rings. The molecule has 0 unspecified atom stereocenters. The molecular formula is C19H25N3O5. The van der Waals surface area contributed by atoms with E-state index in [1.54, 1.807) is 15.9 Å². The zero-order chi connectivity index (χ0) is 19.0. The molecule has 2 aliphatic heterocycles. The quantitative estimate of drug-likeness (QED) is 0.838. The smallest absolute Gasteiger partial charge is 0.317 e. The molecule has 8 heteroatoms. The summed E-state index contributed by atoms with van der Waals surface area (Å²) in [5.41, 5.74) is -0.211. The van der Waals surface area contributed by atoms with Crippen LogP contribution in [0.25, 0.3) is 0 Å². The number of carbonyl (C=O) groups excluding carboxylic acids is 2. The normalized spacial score (nSPS) is 28.2. The van der Waals surface area contributed by atoms with Gasteiger partial charge in [0.2, 0.25) is 0 Å². The van der Waals surface area contributed by atoms with Crippen molar-refractivity contribution in [2.75, 3.05) is 26.2 Å². The summed E-state index contributed by atoms with van der Waals surface area (Å²) in [6, 6.07) is 1.48. The number of hydrogen-bond acceptors (Lipinski definition) is 4. The van der Waals surface area contributed by atoms with E-state index in [-0.39, 0.29) is 23.9 Å². The molecule has 1 aromatic rings. The first-order chi connectivity index (χ1) is 13.0. The van der Waals surface area contributed by atoms with Crippen LogP contribution in [-0.4, -0.2) is 65.0 Å². The van der Waals surface area contributed by atoms with Gasteiger partial charge in [-0.25, -0.2) is 4.79 Å². The van der Waals surface area contributed by atoms with Crippen molar-refractivity contribution < 1.29 is 23.9 Å². The Labute approximate surface area is 157 Å². The Morgan fingerprint density at radius 1 is 1.19 bits per heavy atom. The largest absolute Gasteiger partial charge is 0.481 e. The standard InChI is InChI=1S/C19H25N3O5/c23-16(13-5-9-27-11-13)21-7-3-15(4-8-21)20-18(26)22-10-14-2-1-6-19(14,12-22)17(24)25/h5,9,11,14-15H,1-4,6-8,10,12H2,(H,20,26)(H,24,25)/t14-,19+/m0/s1. The fourth-order valence-corrected chi connectivity index (χ4v) is 4.86. The van der Waals surface area contributed by atoms with E-state index in [1.807, 2.05) is 0 Å². The second-order valence-electron chi connectivity index (χ2n) is 7.96. The molecule has 0 aromatic carbocycles. The number of fused-ring (bicyclic) bond motifs is 1. The molecule has 1 aromatic heterocycles. The molecule has 1 aliphatic carbocycles. The minimum atomic E-state index is -0.772. The Morgan fingerprint density at radius 2 is 1.96 bits per heavy atom. The molecule has 0 radical (unpaired) electrons. The van der Waals surface area contributed by atoms with Gasteiger partial charge in [-0.05, 0) is 37.7 Å². The number of carbonyl (C=O) groups is 3. The van der Waals surface area contributed by atoms with Crippen LogP contribution in [-0.2, 0) is 4.79 Å². The van der Waals surface area contributed by atoms with Crippen molar-refractivity contribution in [3.8, 4) is 0 Å². The van der Waals surface area contributed by atoms with E-state index in [9.17, 15) is 19.5 Å². The van der Waals surface area contributed by atoms with Crippen LogP contribution in [0.4, 0.5) is 4.79 Å². The molecule has 146 valence electrons. The number of nitrogens with one attached hydrogen (secondary N) is 1. The molecule has 2 atom stereocenters. The summed E-state index contributed by atoms with van der Waals surface area (Å²) >= 11 is 0. The maximum atomic E-state index is 12.6. The molecule has 8 nitrogen and oxygen atoms in total. The minimum Gasteiger partial charge on any atom is -0.481 e. The third-order valence-corrected chi connectivity index (χ3v) is 6.46. The Hall–Kier alpha value is -2.51. The summed E-state index contributed by atoms with van der Waals surface area (Å²) in [5.74, 6) is -0.758. The highest BCUT2D eigenvalue weighted by atomic mass is 16.4. The summed E-state index contributed by atoms with van der Waals surface area (Å²) in [6.45, 7) is 1.99. The summed E-state index contributed by atoms with van der Waals surface area (Å²) in [6.07, 6.45) is 6.77. The van der Waals surface area contributed by atoms with E-state index < -0.39 is 11.4 Å². The molecule has 3 heterocycles. The topological polar surface area (TPSA) is 103 Å². The predicted molar refractivity (Wildman–Crippen MR) is 95.1 cm³/mol. The zero-order valence-electron chi connectivity index (χ0n) is 15.2. The fourth-order valence-electron chi connectivity index (χ4n) is 4.86. The average Bonchev–Trinajstić information content (AvgIpc) is 3.37. The molecule has 2 N–H and O–H groups in total. The number of carboxylic acid groups (broad SMARTS) is 1. The molecule has 2 saturated heterocycles. The van der Waals surface area contributed by atoms with E-state index in [2.05, 4.69) is 5.32 Å². The zero-order valence-corrected chi connectivity index (χ0v) is 15.2. The molecule has 27 heavy (non-hydrogen) atoms. The van der Waals surface area contributed by atoms with Gasteiger partial charge >= 0.3 is 12.0 Å². The first kappa shape index (κ1) is 17.9. The van der Waals surface area contributed by atoms with E-state index in [1.165, 1.54) is 12.5 Å². The van der Waals surface area contributed by atoms with Crippen molar-refractivity contribution in [3.63, 3.8) is 0 Å². The summed E-state index contributed by atoms with van der Waals surface area (Å²) in [4.78, 5) is 40.2. The predicted octanol–water partition coefficient (Wildman–Crippen LogP) is 1.78. The third kappa shape index (κ3) is 3.17. The maximum Gasteiger partial charge on any atom is 0.317 e. The van der Waals surface area contributed by atoms with Crippen molar-refractivity contribution in [2.45, 2.75) is 38.1 Å². The third-order valence-electron chi connectivity index (χ3n) is 6.46. The highest BCUT2D eigenvalue weighted by Crippen LogP contribution is 2.48. The van der Waals surface area contributed by atoms with Crippen LogP contribution in [0.5, 0.6) is 0 Å². The van der Waals surface area contributed by atoms with Gasteiger partial charge in [0.25, 0.3) is 5.91 Å². The number of amides is 3. The van der Waals surface area contributed by atoms with Gasteiger partial charge in [0.15, 0.2) is 0 Å². The van der Waals surface area contributed by atoms with E-state index in [0.29, 0.717) is 51.0 Å². The Morgan fingerprint density at radius 3 is 2.59 bits per heavy atom. The van der Waals surface area contributed by atoms with Crippen LogP contribution < -0.4 is 5.32 Å². The summed E-state index contributed by atoms with van der Waals surface area (Å²) in [5, 5.41) is 12.7. The summed E-state index contributed by atoms with van der Waals surface area (Å²) < 4.78 is 4.96. The lowest BCUT2D eigenvalue weighted by Crippen LogP contribution is -2.50. The Bertz CT molecular complexity index is 726. The number of urea groups is 1. The van der Waals surface area contributed by atoms with Crippen LogP contribution in [0.2, 0.25) is 0 Å². The van der Waals surface area contributed by atoms with Gasteiger partial charge in [0, 0.05) is 32.2 Å². The Balaban J connectivity index is 1.29. The lowest BCUT2D eigenvalue weighted by Gasteiger charge is -2.33. The maximum absolute atomic E-state index is 12.6. The van der Waals surface area contributed by atoms with Crippen LogP contribution in [0.1, 0.15) is 42.5 Å². The molecule has 3 fully saturated rings. The number of hydrogen-bond donors (Lipinski definition) is 2. The number of rotatable bonds is 3. The number of carboxylic acids is 1. The SMILES string of the molecule is O=C(NC1CCN(C(=O)c2ccoc2)CC1)N1C[C@@H]2CCC[C@@]2(C(=O)O)C1. The highest BCUT2D eigenvalue weighted by molar-refractivity contribution is 5.93. The average molecular weight is 375 g/mol. The molecule has 1 saturated carbocycles. The van der Waals surface area contributed by atoms with Crippen LogP contribution in [0.15, 0.2) is 23.0 Å². The van der Waals surface area contributed by atoms with Gasteiger partial charge in [-0.1, -0.05) is 6.42 Å². The van der Waals surface area contributed by atoms with E-state index in [0.717, 1.165) is 12.8 Å². The first-order valence-electron chi connectivity index (χ1n) is 9.60. The van der Waals surface area contributed by atoms with Gasteiger partial charge in [-0.3, -0.25) is 9.59 Å². The van der Waals surface area contributed by atoms with Gasteiger partial charge in [-0.2, -0.15) is 0 Å². The lowest BCUT2D eigenvalue weighted by atomic mass is 9.81. The molecule has 4 rings (SSSR count). The first-order valence-corrected chi connectivity index (χ1v) is 9.60.